The second-order valence-corrected chi connectivity index (χ2v) is 8.57. The lowest BCUT2D eigenvalue weighted by Crippen LogP contribution is -2.27. The normalized spacial score (nSPS) is 10.8. The number of aryl methyl sites for hydroxylation is 1. The van der Waals surface area contributed by atoms with E-state index in [9.17, 15) is 9.59 Å². The Morgan fingerprint density at radius 1 is 1.03 bits per heavy atom. The molecule has 8 nitrogen and oxygen atoms in total. The quantitative estimate of drug-likeness (QED) is 0.354. The molecule has 0 unspecified atom stereocenters. The Kier molecular flexibility index (Phi) is 7.44. The molecule has 0 radical (unpaired) electrons. The Balaban J connectivity index is 1.33. The van der Waals surface area contributed by atoms with Crippen LogP contribution in [0.3, 0.4) is 0 Å². The van der Waals surface area contributed by atoms with E-state index in [2.05, 4.69) is 20.8 Å². The van der Waals surface area contributed by atoms with E-state index in [1.807, 2.05) is 54.9 Å². The first-order valence-electron chi connectivity index (χ1n) is 10.8. The van der Waals surface area contributed by atoms with E-state index in [0.29, 0.717) is 28.8 Å². The zero-order valence-corrected chi connectivity index (χ0v) is 19.8. The number of benzene rings is 2. The van der Waals surface area contributed by atoms with E-state index in [4.69, 9.17) is 4.42 Å². The van der Waals surface area contributed by atoms with Gasteiger partial charge in [0.15, 0.2) is 11.0 Å². The zero-order valence-electron chi connectivity index (χ0n) is 18.9. The van der Waals surface area contributed by atoms with Crippen LogP contribution in [0.2, 0.25) is 0 Å². The number of anilines is 1. The molecule has 2 N–H and O–H groups in total. The van der Waals surface area contributed by atoms with Crippen LogP contribution in [-0.2, 0) is 18.3 Å². The standard InChI is InChI=1S/C25H25N5O3S/c1-17-19(13-15-33-17)23-28-29-25(30(23)2)34-16-22(31)27-21-11-7-6-10-20(21)24(32)26-14-12-18-8-4-3-5-9-18/h3-11,13,15H,12,14,16H2,1-2H3,(H,26,32)(H,27,31). The molecule has 0 atom stereocenters. The van der Waals surface area contributed by atoms with E-state index >= 15 is 0 Å². The summed E-state index contributed by atoms with van der Waals surface area (Å²) in [7, 11) is 1.84. The fourth-order valence-electron chi connectivity index (χ4n) is 3.46. The highest BCUT2D eigenvalue weighted by Crippen LogP contribution is 2.26. The SMILES string of the molecule is Cc1occc1-c1nnc(SCC(=O)Nc2ccccc2C(=O)NCCc2ccccc2)n1C. The van der Waals surface area contributed by atoms with E-state index in [0.717, 1.165) is 23.3 Å². The van der Waals surface area contributed by atoms with Gasteiger partial charge >= 0.3 is 0 Å². The molecule has 2 heterocycles. The third-order valence-electron chi connectivity index (χ3n) is 5.25. The van der Waals surface area contributed by atoms with Gasteiger partial charge in [-0.25, -0.2) is 0 Å². The molecule has 0 aliphatic heterocycles. The van der Waals surface area contributed by atoms with Crippen LogP contribution >= 0.6 is 11.8 Å². The highest BCUT2D eigenvalue weighted by Gasteiger charge is 2.17. The van der Waals surface area contributed by atoms with Gasteiger partial charge in [-0.1, -0.05) is 54.2 Å². The summed E-state index contributed by atoms with van der Waals surface area (Å²) < 4.78 is 7.16. The number of nitrogens with zero attached hydrogens (tertiary/aromatic N) is 3. The molecule has 0 saturated heterocycles. The molecule has 2 aromatic heterocycles. The molecule has 2 aromatic carbocycles. The van der Waals surface area contributed by atoms with Gasteiger partial charge in [0.05, 0.1) is 28.8 Å². The van der Waals surface area contributed by atoms with Crippen molar-refractivity contribution in [2.45, 2.75) is 18.5 Å². The van der Waals surface area contributed by atoms with Crippen molar-refractivity contribution in [3.63, 3.8) is 0 Å². The predicted octanol–water partition coefficient (Wildman–Crippen LogP) is 4.09. The fourth-order valence-corrected chi connectivity index (χ4v) is 4.17. The third-order valence-corrected chi connectivity index (χ3v) is 6.28. The summed E-state index contributed by atoms with van der Waals surface area (Å²) in [5, 5.41) is 14.8. The van der Waals surface area contributed by atoms with Crippen molar-refractivity contribution >= 4 is 29.3 Å². The molecule has 4 rings (SSSR count). The van der Waals surface area contributed by atoms with Crippen LogP contribution in [0.25, 0.3) is 11.4 Å². The first-order chi connectivity index (χ1) is 16.5. The van der Waals surface area contributed by atoms with E-state index < -0.39 is 0 Å². The van der Waals surface area contributed by atoms with Crippen LogP contribution in [0.15, 0.2) is 76.5 Å². The molecule has 9 heteroatoms. The lowest BCUT2D eigenvalue weighted by atomic mass is 10.1. The molecule has 174 valence electrons. The molecule has 0 bridgehead atoms. The van der Waals surface area contributed by atoms with Crippen LogP contribution < -0.4 is 10.6 Å². The molecule has 0 fully saturated rings. The smallest absolute Gasteiger partial charge is 0.253 e. The largest absolute Gasteiger partial charge is 0.469 e. The molecule has 4 aromatic rings. The summed E-state index contributed by atoms with van der Waals surface area (Å²) >= 11 is 1.27. The number of hydrogen-bond donors (Lipinski definition) is 2. The summed E-state index contributed by atoms with van der Waals surface area (Å²) in [5.74, 6) is 1.09. The van der Waals surface area contributed by atoms with Gasteiger partial charge < -0.3 is 19.6 Å². The zero-order chi connectivity index (χ0) is 23.9. The van der Waals surface area contributed by atoms with Gasteiger partial charge in [0, 0.05) is 13.6 Å². The highest BCUT2D eigenvalue weighted by molar-refractivity contribution is 7.99. The van der Waals surface area contributed by atoms with Crippen LogP contribution in [0.1, 0.15) is 21.7 Å². The number of aromatic nitrogens is 3. The average molecular weight is 476 g/mol. The number of nitrogens with one attached hydrogen (secondary N) is 2. The van der Waals surface area contributed by atoms with Gasteiger partial charge in [-0.05, 0) is 37.1 Å². The van der Waals surface area contributed by atoms with Crippen LogP contribution in [0, 0.1) is 6.92 Å². The number of carbonyl (C=O) groups is 2. The molecular formula is C25H25N5O3S. The maximum absolute atomic E-state index is 12.7. The van der Waals surface area contributed by atoms with Crippen molar-refractivity contribution in [1.29, 1.82) is 0 Å². The van der Waals surface area contributed by atoms with Crippen molar-refractivity contribution in [2.75, 3.05) is 17.6 Å². The van der Waals surface area contributed by atoms with E-state index in [1.54, 1.807) is 30.5 Å². The van der Waals surface area contributed by atoms with E-state index in [1.165, 1.54) is 11.8 Å². The van der Waals surface area contributed by atoms with Crippen molar-refractivity contribution in [1.82, 2.24) is 20.1 Å². The number of furan rings is 1. The average Bonchev–Trinajstić information content (AvgIpc) is 3.43. The van der Waals surface area contributed by atoms with Crippen LogP contribution in [0.5, 0.6) is 0 Å². The maximum Gasteiger partial charge on any atom is 0.253 e. The number of rotatable bonds is 9. The summed E-state index contributed by atoms with van der Waals surface area (Å²) in [6.07, 6.45) is 2.34. The lowest BCUT2D eigenvalue weighted by molar-refractivity contribution is -0.113. The number of carbonyl (C=O) groups excluding carboxylic acids is 2. The van der Waals surface area contributed by atoms with Gasteiger partial charge in [0.1, 0.15) is 5.76 Å². The van der Waals surface area contributed by atoms with Crippen molar-refractivity contribution in [2.24, 2.45) is 7.05 Å². The monoisotopic (exact) mass is 475 g/mol. The molecule has 0 saturated carbocycles. The van der Waals surface area contributed by atoms with Gasteiger partial charge in [-0.3, -0.25) is 9.59 Å². The molecule has 0 aliphatic carbocycles. The molecular weight excluding hydrogens is 450 g/mol. The lowest BCUT2D eigenvalue weighted by Gasteiger charge is -2.11. The molecule has 2 amide bonds. The first-order valence-corrected chi connectivity index (χ1v) is 11.8. The maximum atomic E-state index is 12.7. The molecule has 34 heavy (non-hydrogen) atoms. The first kappa shape index (κ1) is 23.3. The fraction of sp³-hybridized carbons (Fsp3) is 0.200. The van der Waals surface area contributed by atoms with Crippen molar-refractivity contribution in [3.8, 4) is 11.4 Å². The Hall–Kier alpha value is -3.85. The predicted molar refractivity (Wildman–Crippen MR) is 132 cm³/mol. The van der Waals surface area contributed by atoms with Gasteiger partial charge in [0.25, 0.3) is 5.91 Å². The van der Waals surface area contributed by atoms with Gasteiger partial charge in [-0.15, -0.1) is 10.2 Å². The highest BCUT2D eigenvalue weighted by atomic mass is 32.2. The minimum atomic E-state index is -0.237. The van der Waals surface area contributed by atoms with Crippen molar-refractivity contribution < 1.29 is 14.0 Å². The Bertz CT molecular complexity index is 1280. The topological polar surface area (TPSA) is 102 Å². The summed E-state index contributed by atoms with van der Waals surface area (Å²) in [4.78, 5) is 25.3. The third kappa shape index (κ3) is 5.55. The molecule has 0 spiro atoms. The second kappa shape index (κ2) is 10.8. The number of para-hydroxylation sites is 1. The summed E-state index contributed by atoms with van der Waals surface area (Å²) in [6, 6.07) is 18.8. The minimum Gasteiger partial charge on any atom is -0.469 e. The number of hydrogen-bond acceptors (Lipinski definition) is 6. The van der Waals surface area contributed by atoms with Crippen molar-refractivity contribution in [3.05, 3.63) is 83.8 Å². The van der Waals surface area contributed by atoms with E-state index in [-0.39, 0.29) is 17.6 Å². The Morgan fingerprint density at radius 3 is 2.56 bits per heavy atom. The minimum absolute atomic E-state index is 0.125. The summed E-state index contributed by atoms with van der Waals surface area (Å²) in [5.41, 5.74) is 2.90. The summed E-state index contributed by atoms with van der Waals surface area (Å²) in [6.45, 7) is 2.37. The second-order valence-electron chi connectivity index (χ2n) is 7.63. The Morgan fingerprint density at radius 2 is 1.79 bits per heavy atom. The molecule has 0 aliphatic rings. The number of thioether (sulfide) groups is 1. The van der Waals surface area contributed by atoms with Gasteiger partial charge in [0.2, 0.25) is 5.91 Å². The van der Waals surface area contributed by atoms with Crippen LogP contribution in [0.4, 0.5) is 5.69 Å². The van der Waals surface area contributed by atoms with Crippen LogP contribution in [-0.4, -0.2) is 38.9 Å². The Labute approximate surface area is 201 Å². The van der Waals surface area contributed by atoms with Gasteiger partial charge in [-0.2, -0.15) is 0 Å². The number of amides is 2.